The van der Waals surface area contributed by atoms with Crippen LogP contribution in [0.15, 0.2) is 185 Å². The lowest BCUT2D eigenvalue weighted by Crippen LogP contribution is -2.43. The second kappa shape index (κ2) is 18.9. The van der Waals surface area contributed by atoms with E-state index in [0.717, 1.165) is 134 Å². The Hall–Kier alpha value is -8.81. The highest BCUT2D eigenvalue weighted by Crippen LogP contribution is 2.52. The minimum atomic E-state index is -1.24. The van der Waals surface area contributed by atoms with Crippen LogP contribution in [0.2, 0.25) is 0 Å². The number of carboxylic acids is 1. The highest BCUT2D eigenvalue weighted by Gasteiger charge is 2.37. The molecule has 84 heavy (non-hydrogen) atoms. The highest BCUT2D eigenvalue weighted by molar-refractivity contribution is 6.41. The number of anilines is 2. The molecule has 15 rings (SSSR count). The van der Waals surface area contributed by atoms with E-state index >= 15 is 0 Å². The standard InChI is InChI=1S/C77H69N3O4/c1-9-10-11-12-34-78-65-40-52(25-27-57(65)71-58-15-13-14-53-54-28-30-59-73-60(75(84)79(74(59)83)42-67(81)82)31-29-55(72(54)73)62(70(53)58)41-66(71)78)80(63-32-18-44-17-20-47-37-50(76(3,4)5)36-46(61(47)35-44)19-16-43(63)2)64-33-24-45-21-22-48-38-51(77(6,7)8)39-49-23-26-56(64)69(45)68(48)49/h13-15,17-20,22-33,37,39-41H,2,9-12,16,21,34-36,38,42H2,1,3-8H3,(H,81,82)/b44-18?,46-19-,63-32?. The molecule has 0 saturated heterocycles. The van der Waals surface area contributed by atoms with Crippen LogP contribution in [-0.4, -0.2) is 38.9 Å². The molecule has 9 aromatic rings. The summed E-state index contributed by atoms with van der Waals surface area (Å²) >= 11 is 0. The van der Waals surface area contributed by atoms with Crippen molar-refractivity contribution in [2.75, 3.05) is 11.4 Å². The Kier molecular flexibility index (Phi) is 11.7. The van der Waals surface area contributed by atoms with Gasteiger partial charge in [-0.1, -0.05) is 183 Å². The van der Waals surface area contributed by atoms with Gasteiger partial charge >= 0.3 is 5.97 Å². The summed E-state index contributed by atoms with van der Waals surface area (Å²) in [7, 11) is 0. The second-order valence-electron chi connectivity index (χ2n) is 26.6. The van der Waals surface area contributed by atoms with Crippen molar-refractivity contribution in [3.8, 4) is 0 Å². The van der Waals surface area contributed by atoms with Crippen molar-refractivity contribution in [2.24, 2.45) is 10.8 Å². The predicted octanol–water partition coefficient (Wildman–Crippen LogP) is 19.5. The molecule has 2 bridgehead atoms. The van der Waals surface area contributed by atoms with Crippen LogP contribution < -0.4 is 4.90 Å². The molecule has 1 N–H and O–H groups in total. The first kappa shape index (κ1) is 52.0. The molecule has 6 aliphatic rings. The number of hydrogen-bond acceptors (Lipinski definition) is 4. The summed E-state index contributed by atoms with van der Waals surface area (Å²) in [5, 5.41) is 22.5. The first-order valence-corrected chi connectivity index (χ1v) is 30.3. The van der Waals surface area contributed by atoms with E-state index in [2.05, 4.69) is 173 Å². The van der Waals surface area contributed by atoms with Crippen LogP contribution in [-0.2, 0) is 17.8 Å². The maximum atomic E-state index is 14.1. The zero-order valence-electron chi connectivity index (χ0n) is 49.3. The van der Waals surface area contributed by atoms with E-state index in [1.165, 1.54) is 77.2 Å². The molecule has 416 valence electrons. The molecule has 0 unspecified atom stereocenters. The first-order valence-electron chi connectivity index (χ1n) is 30.3. The lowest BCUT2D eigenvalue weighted by molar-refractivity contribution is -0.137. The number of unbranched alkanes of at least 4 members (excludes halogenated alkanes) is 3. The third kappa shape index (κ3) is 7.87. The van der Waals surface area contributed by atoms with Crippen molar-refractivity contribution >= 4 is 116 Å². The SMILES string of the molecule is C=C1C/C=C2/CC(C(C)(C)C)=CC3=C2CC(=CC=C1N(c1ccc2c4c5cccc6c7ccc8c9c(ccc(c(cc4n(CCCCCC)c2c1)c65)c97)C(=O)N(CC(=O)O)C8=O)c1ccc2c4c5c(ccc14)C=C(C(C)(C)C)CC5=CC2)C=C3. The van der Waals surface area contributed by atoms with Crippen molar-refractivity contribution in [3.63, 3.8) is 0 Å². The fraction of sp³-hybridized carbons (Fsp3) is 0.260. The van der Waals surface area contributed by atoms with Crippen LogP contribution in [0.25, 0.3) is 87.3 Å². The summed E-state index contributed by atoms with van der Waals surface area (Å²) in [5.74, 6) is -2.40. The van der Waals surface area contributed by atoms with Crippen molar-refractivity contribution in [1.82, 2.24) is 9.47 Å². The number of hydrogen-bond donors (Lipinski definition) is 1. The summed E-state index contributed by atoms with van der Waals surface area (Å²) in [6.45, 7) is 21.4. The Labute approximate surface area is 490 Å². The van der Waals surface area contributed by atoms with E-state index in [1.54, 1.807) is 12.1 Å². The van der Waals surface area contributed by atoms with Crippen LogP contribution in [0.4, 0.5) is 11.4 Å². The molecule has 0 saturated carbocycles. The number of amides is 2. The highest BCUT2D eigenvalue weighted by atomic mass is 16.4. The third-order valence-electron chi connectivity index (χ3n) is 19.5. The molecule has 2 heterocycles. The summed E-state index contributed by atoms with van der Waals surface area (Å²) in [6.07, 6.45) is 28.0. The lowest BCUT2D eigenvalue weighted by Gasteiger charge is -2.35. The van der Waals surface area contributed by atoms with Gasteiger partial charge in [0.1, 0.15) is 6.54 Å². The summed E-state index contributed by atoms with van der Waals surface area (Å²) in [6, 6.07) is 33.2. The van der Waals surface area contributed by atoms with Gasteiger partial charge in [0.05, 0.1) is 16.7 Å². The molecule has 0 fully saturated rings. The van der Waals surface area contributed by atoms with Gasteiger partial charge < -0.3 is 14.6 Å². The number of carbonyl (C=O) groups is 3. The third-order valence-corrected chi connectivity index (χ3v) is 19.5. The van der Waals surface area contributed by atoms with Crippen LogP contribution >= 0.6 is 0 Å². The number of aliphatic carboxylic acids is 1. The molecule has 7 heteroatoms. The van der Waals surface area contributed by atoms with E-state index in [4.69, 9.17) is 6.58 Å². The Morgan fingerprint density at radius 2 is 1.33 bits per heavy atom. The van der Waals surface area contributed by atoms with Crippen LogP contribution in [0, 0.1) is 10.8 Å². The first-order chi connectivity index (χ1) is 40.4. The smallest absolute Gasteiger partial charge is 0.323 e. The Balaban J connectivity index is 0.979. The number of aryl methyl sites for hydroxylation is 1. The van der Waals surface area contributed by atoms with Gasteiger partial charge in [-0.3, -0.25) is 19.3 Å². The Morgan fingerprint density at radius 1 is 0.631 bits per heavy atom. The van der Waals surface area contributed by atoms with Gasteiger partial charge in [-0.25, -0.2) is 0 Å². The summed E-state index contributed by atoms with van der Waals surface area (Å²) < 4.78 is 2.57. The molecule has 1 aromatic heterocycles. The number of rotatable bonds is 10. The number of imide groups is 1. The number of carboxylic acid groups (broad SMARTS) is 1. The van der Waals surface area contributed by atoms with E-state index in [9.17, 15) is 19.5 Å². The second-order valence-corrected chi connectivity index (χ2v) is 26.6. The lowest BCUT2D eigenvalue weighted by atomic mass is 9.73. The molecule has 5 aliphatic carbocycles. The zero-order chi connectivity index (χ0) is 57.8. The molecule has 8 aromatic carbocycles. The minimum absolute atomic E-state index is 0.0479. The van der Waals surface area contributed by atoms with Gasteiger partial charge in [0.2, 0.25) is 0 Å². The van der Waals surface area contributed by atoms with Crippen molar-refractivity contribution < 1.29 is 19.5 Å². The normalized spacial score (nSPS) is 17.7. The largest absolute Gasteiger partial charge is 0.480 e. The van der Waals surface area contributed by atoms with Crippen LogP contribution in [0.1, 0.15) is 137 Å². The number of fused-ring (bicyclic) bond motifs is 7. The van der Waals surface area contributed by atoms with E-state index < -0.39 is 24.3 Å². The van der Waals surface area contributed by atoms with E-state index in [0.29, 0.717) is 22.9 Å². The fourth-order valence-corrected chi connectivity index (χ4v) is 15.0. The molecule has 0 radical (unpaired) electrons. The molecule has 7 nitrogen and oxygen atoms in total. The number of allylic oxidation sites excluding steroid dienone is 15. The number of benzene rings is 8. The van der Waals surface area contributed by atoms with E-state index in [1.807, 2.05) is 12.1 Å². The maximum Gasteiger partial charge on any atom is 0.323 e. The topological polar surface area (TPSA) is 82.8 Å². The van der Waals surface area contributed by atoms with Gasteiger partial charge in [0.15, 0.2) is 0 Å². The van der Waals surface area contributed by atoms with Crippen molar-refractivity contribution in [3.05, 3.63) is 213 Å². The molecule has 0 atom stereocenters. The number of aromatic nitrogens is 1. The van der Waals surface area contributed by atoms with Gasteiger partial charge in [0, 0.05) is 50.6 Å². The quantitative estimate of drug-likeness (QED) is 0.0638. The minimum Gasteiger partial charge on any atom is -0.480 e. The Bertz CT molecular complexity index is 4780. The van der Waals surface area contributed by atoms with Crippen molar-refractivity contribution in [1.29, 1.82) is 0 Å². The molecule has 0 spiro atoms. The van der Waals surface area contributed by atoms with Crippen LogP contribution in [0.5, 0.6) is 0 Å². The van der Waals surface area contributed by atoms with Gasteiger partial charge in [0.25, 0.3) is 11.8 Å². The zero-order valence-corrected chi connectivity index (χ0v) is 49.3. The fourth-order valence-electron chi connectivity index (χ4n) is 15.0. The molecular formula is C77H69N3O4. The van der Waals surface area contributed by atoms with Crippen molar-refractivity contribution in [2.45, 2.75) is 113 Å². The van der Waals surface area contributed by atoms with Gasteiger partial charge in [-0.15, -0.1) is 0 Å². The summed E-state index contributed by atoms with van der Waals surface area (Å²) in [4.78, 5) is 43.4. The van der Waals surface area contributed by atoms with Gasteiger partial charge in [-0.05, 0) is 185 Å². The Morgan fingerprint density at radius 3 is 2.10 bits per heavy atom. The van der Waals surface area contributed by atoms with E-state index in [-0.39, 0.29) is 10.8 Å². The average Bonchev–Trinajstić information content (AvgIpc) is 1.21. The molecular weight excluding hydrogens is 1030 g/mol. The number of carbonyl (C=O) groups excluding carboxylic acids is 2. The van der Waals surface area contributed by atoms with Gasteiger partial charge in [-0.2, -0.15) is 0 Å². The maximum absolute atomic E-state index is 14.1. The van der Waals surface area contributed by atoms with Crippen LogP contribution in [0.3, 0.4) is 0 Å². The monoisotopic (exact) mass is 1100 g/mol. The average molecular weight is 1100 g/mol. The summed E-state index contributed by atoms with van der Waals surface area (Å²) in [5.41, 5.74) is 21.3. The molecule has 2 amide bonds. The predicted molar refractivity (Wildman–Crippen MR) is 349 cm³/mol. The molecule has 1 aliphatic heterocycles. The number of nitrogens with zero attached hydrogens (tertiary/aromatic N) is 3.